The maximum absolute atomic E-state index is 12.4. The number of ether oxygens (including phenoxy) is 1. The van der Waals surface area contributed by atoms with Crippen LogP contribution in [0.5, 0.6) is 0 Å². The molecule has 0 aromatic heterocycles. The molecule has 2 unspecified atom stereocenters. The largest absolute Gasteiger partial charge is 1.00 e. The number of hydrogen-bond donors (Lipinski definition) is 2. The Labute approximate surface area is 174 Å². The molecule has 0 radical (unpaired) electrons. The summed E-state index contributed by atoms with van der Waals surface area (Å²) in [6, 6.07) is -1.18. The van der Waals surface area contributed by atoms with E-state index in [2.05, 4.69) is 5.32 Å². The molecule has 2 fully saturated rings. The van der Waals surface area contributed by atoms with Crippen molar-refractivity contribution in [3.05, 3.63) is 12.4 Å². The summed E-state index contributed by atoms with van der Waals surface area (Å²) in [5.41, 5.74) is 2.71. The number of nitrogens with two attached hydrogens (primary N) is 1. The zero-order valence-electron chi connectivity index (χ0n) is 13.6. The van der Waals surface area contributed by atoms with Crippen molar-refractivity contribution in [3.63, 3.8) is 0 Å². The fourth-order valence-corrected chi connectivity index (χ4v) is 2.73. The summed E-state index contributed by atoms with van der Waals surface area (Å²) in [5.74, 6) is -5.81. The number of hydroxylamine groups is 2. The molecule has 10 nitrogen and oxygen atoms in total. The predicted molar refractivity (Wildman–Crippen MR) is 78.3 cm³/mol. The summed E-state index contributed by atoms with van der Waals surface area (Å²) in [7, 11) is 0. The number of rotatable bonds is 6. The molecule has 0 aliphatic carbocycles. The predicted octanol–water partition coefficient (Wildman–Crippen LogP) is -5.58. The summed E-state index contributed by atoms with van der Waals surface area (Å²) in [6.07, 6.45) is 0.289. The Kier molecular flexibility index (Phi) is 7.65. The number of nitrogens with zero attached hydrogens (tertiary/aromatic N) is 1. The van der Waals surface area contributed by atoms with Gasteiger partial charge in [0, 0.05) is 6.42 Å². The summed E-state index contributed by atoms with van der Waals surface area (Å²) in [5, 5.41) is 14.3. The number of cyclic esters (lactones) is 1. The van der Waals surface area contributed by atoms with Crippen LogP contribution >= 0.6 is 12.2 Å². The number of hydrogen-bond acceptors (Lipinski definition) is 8. The van der Waals surface area contributed by atoms with Gasteiger partial charge < -0.3 is 25.7 Å². The smallest absolute Gasteiger partial charge is 0.544 e. The third kappa shape index (κ3) is 4.20. The number of nitrogens with one attached hydrogen (secondary N) is 1. The van der Waals surface area contributed by atoms with Gasteiger partial charge in [0.15, 0.2) is 0 Å². The van der Waals surface area contributed by atoms with Crippen molar-refractivity contribution in [1.82, 2.24) is 10.4 Å². The fourth-order valence-electron chi connectivity index (χ4n) is 2.39. The third-order valence-corrected chi connectivity index (χ3v) is 4.01. The Balaban J connectivity index is 0.00000338. The van der Waals surface area contributed by atoms with Crippen molar-refractivity contribution in [2.75, 3.05) is 6.61 Å². The van der Waals surface area contributed by atoms with E-state index in [1.165, 1.54) is 0 Å². The Hall–Kier alpha value is -1.60. The van der Waals surface area contributed by atoms with E-state index in [4.69, 9.17) is 27.5 Å². The van der Waals surface area contributed by atoms with Gasteiger partial charge >= 0.3 is 35.5 Å². The fraction of sp³-hybridized carbons (Fsp3) is 0.462. The van der Waals surface area contributed by atoms with Crippen molar-refractivity contribution in [2.24, 2.45) is 11.7 Å². The normalized spacial score (nSPS) is 26.3. The number of amides is 2. The molecule has 2 amide bonds. The van der Waals surface area contributed by atoms with E-state index < -0.39 is 41.4 Å². The minimum absolute atomic E-state index is 0. The zero-order chi connectivity index (χ0) is 18.8. The molecule has 0 aromatic carbocycles. The van der Waals surface area contributed by atoms with Crippen LogP contribution < -0.4 is 45.7 Å². The Bertz CT molecular complexity index is 676. The van der Waals surface area contributed by atoms with Crippen LogP contribution in [0, 0.1) is 5.92 Å². The van der Waals surface area contributed by atoms with Crippen LogP contribution in [-0.4, -0.2) is 52.2 Å². The van der Waals surface area contributed by atoms with Gasteiger partial charge in [-0.3, -0.25) is 19.2 Å². The number of carbonyl (C=O) groups excluding carboxylic acids is 4. The topological polar surface area (TPSA) is 151 Å². The molecule has 2 aliphatic rings. The van der Waals surface area contributed by atoms with Gasteiger partial charge in [-0.1, -0.05) is 12.2 Å². The second-order valence-electron chi connectivity index (χ2n) is 5.23. The first-order valence-corrected chi connectivity index (χ1v) is 7.40. The van der Waals surface area contributed by atoms with Gasteiger partial charge in [0.1, 0.15) is 24.5 Å². The molecule has 2 saturated heterocycles. The summed E-state index contributed by atoms with van der Waals surface area (Å²) in [6.45, 7) is -0.365. The molecule has 2 heterocycles. The second-order valence-corrected chi connectivity index (χ2v) is 5.67. The Morgan fingerprint density at radius 2 is 2.15 bits per heavy atom. The van der Waals surface area contributed by atoms with Crippen LogP contribution in [0.3, 0.4) is 0 Å². The molecule has 0 spiro atoms. The van der Waals surface area contributed by atoms with E-state index in [1.807, 2.05) is 0 Å². The SMILES string of the molecule is NC(=O)C(/C=C\F)C(=S)N[C@H]1CON(C2(C(=O)[O-])CCC(=O)O2)C1=O.[Na+]. The van der Waals surface area contributed by atoms with Crippen LogP contribution in [0.15, 0.2) is 12.4 Å². The maximum Gasteiger partial charge on any atom is 1.00 e. The molecule has 0 saturated carbocycles. The first-order chi connectivity index (χ1) is 11.7. The average molecular weight is 397 g/mol. The minimum atomic E-state index is -2.37. The van der Waals surface area contributed by atoms with Crippen molar-refractivity contribution in [2.45, 2.75) is 24.6 Å². The summed E-state index contributed by atoms with van der Waals surface area (Å²) in [4.78, 5) is 51.1. The van der Waals surface area contributed by atoms with Crippen LogP contribution in [0.2, 0.25) is 0 Å². The molecular weight excluding hydrogens is 384 g/mol. The second kappa shape index (κ2) is 8.86. The number of carbonyl (C=O) groups is 4. The molecule has 2 aliphatic heterocycles. The molecule has 3 N–H and O–H groups in total. The number of thiocarbonyl (C=S) groups is 1. The van der Waals surface area contributed by atoms with Gasteiger partial charge in [0.2, 0.25) is 5.91 Å². The van der Waals surface area contributed by atoms with Crippen LogP contribution in [-0.2, 0) is 28.8 Å². The maximum atomic E-state index is 12.4. The number of carboxylic acid groups (broad SMARTS) is 1. The van der Waals surface area contributed by atoms with Crippen molar-refractivity contribution >= 4 is 41.0 Å². The molecular formula is C13H13FN3NaO7S. The van der Waals surface area contributed by atoms with E-state index in [0.717, 1.165) is 6.08 Å². The Morgan fingerprint density at radius 3 is 2.62 bits per heavy atom. The van der Waals surface area contributed by atoms with E-state index in [1.54, 1.807) is 0 Å². The van der Waals surface area contributed by atoms with Crippen LogP contribution in [0.1, 0.15) is 12.8 Å². The molecule has 0 aromatic rings. The van der Waals surface area contributed by atoms with Crippen molar-refractivity contribution in [1.29, 1.82) is 0 Å². The molecule has 26 heavy (non-hydrogen) atoms. The Morgan fingerprint density at radius 1 is 1.50 bits per heavy atom. The van der Waals surface area contributed by atoms with Crippen LogP contribution in [0.4, 0.5) is 4.39 Å². The van der Waals surface area contributed by atoms with Crippen LogP contribution in [0.25, 0.3) is 0 Å². The third-order valence-electron chi connectivity index (χ3n) is 3.64. The number of esters is 1. The van der Waals surface area contributed by atoms with Crippen molar-refractivity contribution < 1.29 is 67.8 Å². The molecule has 3 atom stereocenters. The first kappa shape index (κ1) is 22.4. The number of primary amides is 1. The van der Waals surface area contributed by atoms with Gasteiger partial charge in [-0.2, -0.15) is 5.06 Å². The number of carboxylic acids is 1. The van der Waals surface area contributed by atoms with Gasteiger partial charge in [0.25, 0.3) is 11.6 Å². The van der Waals surface area contributed by atoms with Crippen molar-refractivity contribution in [3.8, 4) is 0 Å². The molecule has 13 heteroatoms. The number of aliphatic carboxylic acids is 1. The summed E-state index contributed by atoms with van der Waals surface area (Å²) >= 11 is 4.91. The average Bonchev–Trinajstić information content (AvgIpc) is 3.09. The van der Waals surface area contributed by atoms with E-state index >= 15 is 0 Å². The van der Waals surface area contributed by atoms with E-state index in [9.17, 15) is 28.7 Å². The van der Waals surface area contributed by atoms with Gasteiger partial charge in [-0.25, -0.2) is 4.39 Å². The standard InChI is InChI=1S/C13H14FN3O7S.Na/c14-4-2-6(9(15)19)10(25)16-7-5-23-17(11(7)20)13(12(21)22)3-1-8(18)24-13;/h2,4,6-7H,1,3,5H2,(H2,15,19)(H,16,25)(H,21,22);/q;+1/p-1/b4-2-;/t6?,7-,13?;/m0./s1. The molecule has 136 valence electrons. The van der Waals surface area contributed by atoms with Gasteiger partial charge in [-0.05, 0) is 6.08 Å². The quantitative estimate of drug-likeness (QED) is 0.254. The minimum Gasteiger partial charge on any atom is -0.544 e. The summed E-state index contributed by atoms with van der Waals surface area (Å²) < 4.78 is 17.0. The number of halogens is 1. The van der Waals surface area contributed by atoms with E-state index in [0.29, 0.717) is 5.06 Å². The van der Waals surface area contributed by atoms with E-state index in [-0.39, 0.29) is 60.3 Å². The van der Waals surface area contributed by atoms with Gasteiger partial charge in [-0.15, -0.1) is 0 Å². The monoisotopic (exact) mass is 397 g/mol. The first-order valence-electron chi connectivity index (χ1n) is 7.00. The molecule has 0 bridgehead atoms. The van der Waals surface area contributed by atoms with Gasteiger partial charge in [0.05, 0.1) is 17.7 Å². The molecule has 2 rings (SSSR count). The zero-order valence-corrected chi connectivity index (χ0v) is 16.4.